The Balaban J connectivity index is 1.66. The number of allylic oxidation sites excluding steroid dienone is 3. The summed E-state index contributed by atoms with van der Waals surface area (Å²) in [7, 11) is 4.32. The summed E-state index contributed by atoms with van der Waals surface area (Å²) in [4.78, 5) is 114. The van der Waals surface area contributed by atoms with Crippen LogP contribution in [0.1, 0.15) is 97.6 Å². The van der Waals surface area contributed by atoms with Crippen LogP contribution in [-0.4, -0.2) is 162 Å². The number of hydrogen-bond acceptors (Lipinski definition) is 16. The molecule has 0 radical (unpaired) electrons. The van der Waals surface area contributed by atoms with E-state index in [-0.39, 0.29) is 82.5 Å². The maximum atomic E-state index is 14.0. The molecule has 9 atom stereocenters. The lowest BCUT2D eigenvalue weighted by Crippen LogP contribution is -2.63. The first-order valence-electron chi connectivity index (χ1n) is 24.1. The fraction of sp³-hybridized carbons (Fsp3) is 0.620. The smallest absolute Gasteiger partial charge is 0.409 e. The van der Waals surface area contributed by atoms with Gasteiger partial charge in [0.05, 0.1) is 36.1 Å². The molecule has 1 fully saturated rings. The van der Waals surface area contributed by atoms with Gasteiger partial charge >= 0.3 is 12.1 Å². The van der Waals surface area contributed by atoms with Crippen LogP contribution in [0.2, 0.25) is 5.02 Å². The normalized spacial score (nSPS) is 24.6. The van der Waals surface area contributed by atoms with Crippen LogP contribution in [0.5, 0.6) is 5.75 Å². The molecule has 1 aromatic carbocycles. The Hall–Kier alpha value is -5.55. The molecule has 1 aromatic rings. The number of likely N-dealkylation sites (N-methyl/N-ethyl adjacent to an activating group) is 1. The van der Waals surface area contributed by atoms with E-state index < -0.39 is 94.5 Å². The summed E-state index contributed by atoms with van der Waals surface area (Å²) in [6, 6.07) is 1.62. The van der Waals surface area contributed by atoms with Crippen molar-refractivity contribution in [3.8, 4) is 5.75 Å². The van der Waals surface area contributed by atoms with Crippen molar-refractivity contribution in [1.82, 2.24) is 31.5 Å². The van der Waals surface area contributed by atoms with Gasteiger partial charge in [0.25, 0.3) is 0 Å². The van der Waals surface area contributed by atoms with Crippen molar-refractivity contribution in [2.75, 3.05) is 46.7 Å². The van der Waals surface area contributed by atoms with E-state index in [4.69, 9.17) is 30.5 Å². The molecule has 4 bridgehead atoms. The van der Waals surface area contributed by atoms with Crippen molar-refractivity contribution in [3.05, 3.63) is 52.1 Å². The van der Waals surface area contributed by atoms with Gasteiger partial charge < -0.3 is 60.1 Å². The molecule has 1 heterocycles. The minimum atomic E-state index is -1.87. The van der Waals surface area contributed by atoms with Crippen molar-refractivity contribution in [3.63, 3.8) is 0 Å². The molecule has 2 aliphatic rings. The zero-order chi connectivity index (χ0) is 54.6. The van der Waals surface area contributed by atoms with E-state index in [1.54, 1.807) is 19.1 Å². The number of hydrogen-bond donors (Lipinski definition) is 7. The molecule has 7 N–H and O–H groups in total. The number of fused-ring (bicyclic) bond motifs is 4. The van der Waals surface area contributed by atoms with E-state index in [0.717, 1.165) is 22.9 Å². The quantitative estimate of drug-likeness (QED) is 0.0498. The predicted octanol–water partition coefficient (Wildman–Crippen LogP) is 2.38. The minimum Gasteiger partial charge on any atom is -0.495 e. The third-order valence-corrected chi connectivity index (χ3v) is 14.2. The number of ether oxygens (including phenoxy) is 4. The van der Waals surface area contributed by atoms with Crippen LogP contribution in [0.15, 0.2) is 35.9 Å². The van der Waals surface area contributed by atoms with Crippen LogP contribution in [0, 0.1) is 5.92 Å². The van der Waals surface area contributed by atoms with Gasteiger partial charge in [-0.3, -0.25) is 34.1 Å². The number of ketones is 1. The van der Waals surface area contributed by atoms with Crippen molar-refractivity contribution < 1.29 is 72.3 Å². The zero-order valence-electron chi connectivity index (χ0n) is 43.1. The lowest BCUT2D eigenvalue weighted by Gasteiger charge is -2.43. The summed E-state index contributed by atoms with van der Waals surface area (Å²) in [6.07, 6.45) is 2.33. The van der Waals surface area contributed by atoms with E-state index in [2.05, 4.69) is 26.6 Å². The molecular weight excluding hydrogens is 992 g/mol. The molecule has 1 saturated heterocycles. The monoisotopic (exact) mass is 1060 g/mol. The Morgan fingerprint density at radius 1 is 1.03 bits per heavy atom. The van der Waals surface area contributed by atoms with Gasteiger partial charge in [-0.25, -0.2) is 9.59 Å². The number of benzene rings is 1. The first kappa shape index (κ1) is 61.7. The lowest BCUT2D eigenvalue weighted by molar-refractivity contribution is -0.176. The van der Waals surface area contributed by atoms with Crippen molar-refractivity contribution in [2.24, 2.45) is 5.92 Å². The Morgan fingerprint density at radius 2 is 1.74 bits per heavy atom. The van der Waals surface area contributed by atoms with Gasteiger partial charge in [-0.05, 0) is 89.8 Å². The summed E-state index contributed by atoms with van der Waals surface area (Å²) in [5.74, 6) is -3.76. The molecule has 0 spiro atoms. The average Bonchev–Trinajstić information content (AvgIpc) is 3.32. The van der Waals surface area contributed by atoms with E-state index in [1.807, 2.05) is 25.1 Å². The number of aldehydes is 1. The average molecular weight is 1070 g/mol. The summed E-state index contributed by atoms with van der Waals surface area (Å²) in [5, 5.41) is 35.8. The van der Waals surface area contributed by atoms with Gasteiger partial charge in [0.15, 0.2) is 5.72 Å². The summed E-state index contributed by atoms with van der Waals surface area (Å²) >= 11 is 7.89. The van der Waals surface area contributed by atoms with Crippen molar-refractivity contribution >= 4 is 77.0 Å². The largest absolute Gasteiger partial charge is 0.495 e. The number of thioether (sulfide) groups is 1. The van der Waals surface area contributed by atoms with E-state index in [1.165, 1.54) is 53.9 Å². The molecular formula is C50H73ClN6O15S. The highest BCUT2D eigenvalue weighted by Crippen LogP contribution is 2.37. The highest BCUT2D eigenvalue weighted by molar-refractivity contribution is 8.00. The highest BCUT2D eigenvalue weighted by atomic mass is 35.5. The summed E-state index contributed by atoms with van der Waals surface area (Å²) in [5.41, 5.74) is -1.16. The molecule has 9 unspecified atom stereocenters. The van der Waals surface area contributed by atoms with Gasteiger partial charge in [-0.1, -0.05) is 48.4 Å². The topological polar surface area (TPSA) is 294 Å². The molecule has 23 heteroatoms. The number of amides is 6. The molecule has 1 aliphatic heterocycles. The standard InChI is InChI=1S/C50H73ClN6O15S/c1-29-12-10-13-40(70-9)50(68)26-37(71-48(66)56-50)30(2)25-49(6,67)39(16-15-35-23-34(22-29)24-36(69-8)44(35)51)72-47(65)33(5)57(7)43(62)18-21-73-38(17-20-58)46(64)52-19-11-14-41(60)55-32(4)45(63)54-28-42(61)53-27-31(3)59/h10,12-13,20,23-24,30,32-33,37-40,67-68H,11,14-19,21-22,25-28H2,1-9H3,(H,52,64)(H,53,61)(H,54,63)(H,55,60)(H,56,66)/b13-10+,29-12+. The third-order valence-electron chi connectivity index (χ3n) is 12.5. The number of carbonyl (C=O) groups excluding carboxylic acids is 9. The maximum absolute atomic E-state index is 14.0. The number of carbonyl (C=O) groups is 9. The SMILES string of the molecule is COc1cc2cc(c1Cl)CCC(OC(=O)C(C)N(C)C(=O)CCSC(CC=O)C(=O)NCCCC(=O)NC(C)C(=O)NCC(=O)NCC(C)=O)C(C)(O)CC(C)C1CC(O)(NC(=O)O1)C(OC)/C=C/C=C(\C)C2. The molecule has 1 aliphatic carbocycles. The number of rotatable bonds is 22. The number of alkyl carbamates (subject to hydrolysis) is 1. The molecule has 73 heavy (non-hydrogen) atoms. The summed E-state index contributed by atoms with van der Waals surface area (Å²) in [6.45, 7) is 8.89. The zero-order valence-corrected chi connectivity index (χ0v) is 44.7. The second-order valence-electron chi connectivity index (χ2n) is 18.8. The van der Waals surface area contributed by atoms with Crippen molar-refractivity contribution in [1.29, 1.82) is 0 Å². The fourth-order valence-electron chi connectivity index (χ4n) is 8.21. The van der Waals surface area contributed by atoms with E-state index in [9.17, 15) is 53.4 Å². The molecule has 3 rings (SSSR count). The van der Waals surface area contributed by atoms with Gasteiger partial charge in [-0.15, -0.1) is 11.8 Å². The molecule has 0 saturated carbocycles. The van der Waals surface area contributed by atoms with Gasteiger partial charge in [0, 0.05) is 52.1 Å². The van der Waals surface area contributed by atoms with Crippen LogP contribution in [-0.2, 0) is 65.4 Å². The van der Waals surface area contributed by atoms with Gasteiger partial charge in [0.2, 0.25) is 29.5 Å². The third kappa shape index (κ3) is 19.7. The Morgan fingerprint density at radius 3 is 2.40 bits per heavy atom. The Kier molecular flexibility index (Phi) is 24.8. The van der Waals surface area contributed by atoms with Crippen LogP contribution in [0.3, 0.4) is 0 Å². The number of aryl methyl sites for hydroxylation is 1. The first-order chi connectivity index (χ1) is 34.3. The van der Waals surface area contributed by atoms with E-state index >= 15 is 0 Å². The lowest BCUT2D eigenvalue weighted by atomic mass is 9.80. The highest BCUT2D eigenvalue weighted by Gasteiger charge is 2.48. The molecule has 406 valence electrons. The number of Topliss-reactive ketones (excluding diaryl/α,β-unsaturated/α-hetero) is 1. The number of methoxy groups -OCH3 is 2. The molecule has 0 aromatic heterocycles. The number of nitrogens with zero attached hydrogens (tertiary/aromatic N) is 1. The van der Waals surface area contributed by atoms with Crippen LogP contribution in [0.4, 0.5) is 4.79 Å². The van der Waals surface area contributed by atoms with Crippen LogP contribution < -0.4 is 31.3 Å². The minimum absolute atomic E-state index is 0.0505. The Labute approximate surface area is 436 Å². The molecule has 21 nitrogen and oxygen atoms in total. The molecule has 6 amide bonds. The number of aliphatic hydroxyl groups is 2. The van der Waals surface area contributed by atoms with Gasteiger partial charge in [-0.2, -0.15) is 0 Å². The van der Waals surface area contributed by atoms with Gasteiger partial charge in [0.1, 0.15) is 48.2 Å². The Bertz CT molecular complexity index is 2210. The first-order valence-corrected chi connectivity index (χ1v) is 25.5. The summed E-state index contributed by atoms with van der Waals surface area (Å²) < 4.78 is 23.0. The van der Waals surface area contributed by atoms with Crippen LogP contribution >= 0.6 is 23.4 Å². The predicted molar refractivity (Wildman–Crippen MR) is 271 cm³/mol. The maximum Gasteiger partial charge on any atom is 0.409 e. The number of nitrogens with one attached hydrogen (secondary N) is 5. The van der Waals surface area contributed by atoms with Crippen LogP contribution in [0.25, 0.3) is 0 Å². The van der Waals surface area contributed by atoms with Crippen molar-refractivity contribution in [2.45, 2.75) is 146 Å². The number of esters is 1. The second kappa shape index (κ2) is 29.4. The second-order valence-corrected chi connectivity index (χ2v) is 20.5. The number of halogens is 1. The van der Waals surface area contributed by atoms with E-state index in [0.29, 0.717) is 29.0 Å². The fourth-order valence-corrected chi connectivity index (χ4v) is 9.51.